The Morgan fingerprint density at radius 3 is 2.63 bits per heavy atom. The summed E-state index contributed by atoms with van der Waals surface area (Å²) in [5, 5.41) is 0. The van der Waals surface area contributed by atoms with Crippen molar-refractivity contribution in [1.82, 2.24) is 4.31 Å². The highest BCUT2D eigenvalue weighted by atomic mass is 79.9. The lowest BCUT2D eigenvalue weighted by Gasteiger charge is -2.17. The van der Waals surface area contributed by atoms with Crippen LogP contribution in [0.25, 0.3) is 0 Å². The Hall–Kier alpha value is 0.340. The van der Waals surface area contributed by atoms with E-state index in [2.05, 4.69) is 31.9 Å². The monoisotopic (exact) mass is 432 g/mol. The van der Waals surface area contributed by atoms with Crippen LogP contribution in [0.15, 0.2) is 32.0 Å². The molecule has 1 aliphatic rings. The summed E-state index contributed by atoms with van der Waals surface area (Å²) in [7, 11) is -3.43. The van der Waals surface area contributed by atoms with E-state index in [9.17, 15) is 8.42 Å². The van der Waals surface area contributed by atoms with Gasteiger partial charge in [0, 0.05) is 22.0 Å². The van der Waals surface area contributed by atoms with E-state index in [1.54, 1.807) is 18.2 Å². The lowest BCUT2D eigenvalue weighted by atomic mass is 10.1. The van der Waals surface area contributed by atoms with Crippen LogP contribution in [0.3, 0.4) is 0 Å². The molecule has 1 aliphatic heterocycles. The van der Waals surface area contributed by atoms with Crippen molar-refractivity contribution < 1.29 is 8.42 Å². The summed E-state index contributed by atoms with van der Waals surface area (Å²) in [6.07, 6.45) is 0.835. The molecule has 1 heterocycles. The maximum atomic E-state index is 12.5. The highest BCUT2D eigenvalue weighted by molar-refractivity contribution is 9.11. The van der Waals surface area contributed by atoms with Gasteiger partial charge in [0.25, 0.3) is 0 Å². The van der Waals surface area contributed by atoms with E-state index in [0.29, 0.717) is 29.0 Å². The number of rotatable bonds is 3. The van der Waals surface area contributed by atoms with E-state index in [1.807, 2.05) is 0 Å². The molecule has 0 amide bonds. The predicted molar refractivity (Wildman–Crippen MR) is 85.0 cm³/mol. The first kappa shape index (κ1) is 17.4. The molecule has 19 heavy (non-hydrogen) atoms. The van der Waals surface area contributed by atoms with Crippen LogP contribution < -0.4 is 5.73 Å². The summed E-state index contributed by atoms with van der Waals surface area (Å²) in [4.78, 5) is 0.301. The zero-order valence-corrected chi connectivity index (χ0v) is 14.9. The Balaban J connectivity index is 0.00000180. The van der Waals surface area contributed by atoms with E-state index in [4.69, 9.17) is 5.73 Å². The van der Waals surface area contributed by atoms with Gasteiger partial charge in [-0.1, -0.05) is 15.9 Å². The number of benzene rings is 1. The number of sulfonamides is 1. The second-order valence-corrected chi connectivity index (χ2v) is 8.00. The summed E-state index contributed by atoms with van der Waals surface area (Å²) >= 11 is 6.59. The number of hydrogen-bond donors (Lipinski definition) is 1. The van der Waals surface area contributed by atoms with Gasteiger partial charge in [-0.25, -0.2) is 8.42 Å². The molecule has 0 aliphatic carbocycles. The molecule has 8 heteroatoms. The average Bonchev–Trinajstić information content (AvgIpc) is 2.81. The normalized spacial score (nSPS) is 20.3. The second-order valence-electron chi connectivity index (χ2n) is 4.33. The summed E-state index contributed by atoms with van der Waals surface area (Å²) in [6.45, 7) is 1.59. The van der Waals surface area contributed by atoms with Crippen molar-refractivity contribution in [2.45, 2.75) is 11.3 Å². The lowest BCUT2D eigenvalue weighted by Crippen LogP contribution is -2.30. The number of halogens is 3. The maximum Gasteiger partial charge on any atom is 0.244 e. The Morgan fingerprint density at radius 1 is 1.37 bits per heavy atom. The van der Waals surface area contributed by atoms with Gasteiger partial charge >= 0.3 is 0 Å². The third-order valence-electron chi connectivity index (χ3n) is 3.09. The largest absolute Gasteiger partial charge is 0.330 e. The van der Waals surface area contributed by atoms with Crippen LogP contribution in [-0.2, 0) is 10.0 Å². The van der Waals surface area contributed by atoms with Gasteiger partial charge < -0.3 is 5.73 Å². The van der Waals surface area contributed by atoms with Crippen LogP contribution in [-0.4, -0.2) is 32.4 Å². The van der Waals surface area contributed by atoms with Gasteiger partial charge in [-0.3, -0.25) is 0 Å². The van der Waals surface area contributed by atoms with Crippen molar-refractivity contribution in [3.63, 3.8) is 0 Å². The molecule has 0 radical (unpaired) electrons. The molecule has 0 spiro atoms. The number of nitrogens with zero attached hydrogens (tertiary/aromatic N) is 1. The second kappa shape index (κ2) is 6.87. The van der Waals surface area contributed by atoms with Crippen molar-refractivity contribution in [1.29, 1.82) is 0 Å². The SMILES string of the molecule is Cl.NCC1CCN(S(=O)(=O)c2cc(Br)ccc2Br)C1. The van der Waals surface area contributed by atoms with Crippen LogP contribution in [0, 0.1) is 5.92 Å². The van der Waals surface area contributed by atoms with E-state index < -0.39 is 10.0 Å². The highest BCUT2D eigenvalue weighted by Crippen LogP contribution is 2.30. The first-order chi connectivity index (χ1) is 8.45. The topological polar surface area (TPSA) is 63.4 Å². The highest BCUT2D eigenvalue weighted by Gasteiger charge is 2.33. The van der Waals surface area contributed by atoms with Crippen molar-refractivity contribution in [3.05, 3.63) is 27.1 Å². The average molecular weight is 435 g/mol. The Kier molecular flexibility index (Phi) is 6.28. The van der Waals surface area contributed by atoms with Crippen LogP contribution in [0.5, 0.6) is 0 Å². The van der Waals surface area contributed by atoms with Crippen molar-refractivity contribution >= 4 is 54.3 Å². The summed E-state index contributed by atoms with van der Waals surface area (Å²) in [5.74, 6) is 0.269. The van der Waals surface area contributed by atoms with Gasteiger partial charge in [0.05, 0.1) is 4.90 Å². The van der Waals surface area contributed by atoms with E-state index in [-0.39, 0.29) is 18.3 Å². The standard InChI is InChI=1S/C11H14Br2N2O2S.ClH/c12-9-1-2-10(13)11(5-9)18(16,17)15-4-3-8(6-14)7-15;/h1-2,5,8H,3-4,6-7,14H2;1H. The van der Waals surface area contributed by atoms with Gasteiger partial charge in [-0.15, -0.1) is 12.4 Å². The van der Waals surface area contributed by atoms with Crippen molar-refractivity contribution in [3.8, 4) is 0 Å². The van der Waals surface area contributed by atoms with Crippen LogP contribution in [0.1, 0.15) is 6.42 Å². The van der Waals surface area contributed by atoms with Gasteiger partial charge in [0.1, 0.15) is 0 Å². The lowest BCUT2D eigenvalue weighted by molar-refractivity contribution is 0.458. The first-order valence-corrected chi connectivity index (χ1v) is 8.63. The molecule has 1 aromatic rings. The van der Waals surface area contributed by atoms with Crippen LogP contribution in [0.2, 0.25) is 0 Å². The molecular formula is C11H15Br2ClN2O2S. The molecule has 0 saturated carbocycles. The minimum Gasteiger partial charge on any atom is -0.330 e. The Bertz CT molecular complexity index is 554. The zero-order chi connectivity index (χ0) is 13.3. The fraction of sp³-hybridized carbons (Fsp3) is 0.455. The third-order valence-corrected chi connectivity index (χ3v) is 6.45. The molecule has 4 nitrogen and oxygen atoms in total. The molecule has 2 N–H and O–H groups in total. The van der Waals surface area contributed by atoms with Gasteiger partial charge in [-0.05, 0) is 53.0 Å². The third kappa shape index (κ3) is 3.71. The minimum atomic E-state index is -3.43. The number of nitrogens with two attached hydrogens (primary N) is 1. The van der Waals surface area contributed by atoms with E-state index >= 15 is 0 Å². The Morgan fingerprint density at radius 2 is 2.05 bits per heavy atom. The van der Waals surface area contributed by atoms with Crippen LogP contribution >= 0.6 is 44.3 Å². The molecule has 1 fully saturated rings. The number of hydrogen-bond acceptors (Lipinski definition) is 3. The quantitative estimate of drug-likeness (QED) is 0.796. The van der Waals surface area contributed by atoms with Gasteiger partial charge in [-0.2, -0.15) is 4.31 Å². The van der Waals surface area contributed by atoms with E-state index in [1.165, 1.54) is 4.31 Å². The molecule has 0 bridgehead atoms. The molecule has 1 atom stereocenters. The van der Waals surface area contributed by atoms with Gasteiger partial charge in [0.2, 0.25) is 10.0 Å². The molecule has 1 unspecified atom stereocenters. The van der Waals surface area contributed by atoms with Crippen molar-refractivity contribution in [2.24, 2.45) is 11.7 Å². The smallest absolute Gasteiger partial charge is 0.244 e. The molecular weight excluding hydrogens is 419 g/mol. The minimum absolute atomic E-state index is 0. The first-order valence-electron chi connectivity index (χ1n) is 5.60. The Labute approximate surface area is 136 Å². The summed E-state index contributed by atoms with van der Waals surface area (Å²) in [6, 6.07) is 5.15. The fourth-order valence-electron chi connectivity index (χ4n) is 2.02. The summed E-state index contributed by atoms with van der Waals surface area (Å²) in [5.41, 5.74) is 5.59. The fourth-order valence-corrected chi connectivity index (χ4v) is 5.02. The van der Waals surface area contributed by atoms with Crippen molar-refractivity contribution in [2.75, 3.05) is 19.6 Å². The molecule has 108 valence electrons. The molecule has 2 rings (SSSR count). The molecule has 1 aromatic carbocycles. The molecule has 1 saturated heterocycles. The van der Waals surface area contributed by atoms with E-state index in [0.717, 1.165) is 10.9 Å². The van der Waals surface area contributed by atoms with Crippen LogP contribution in [0.4, 0.5) is 0 Å². The zero-order valence-electron chi connectivity index (χ0n) is 10.1. The van der Waals surface area contributed by atoms with Gasteiger partial charge in [0.15, 0.2) is 0 Å². The summed E-state index contributed by atoms with van der Waals surface area (Å²) < 4.78 is 27.9. The molecule has 0 aromatic heterocycles. The predicted octanol–water partition coefficient (Wildman–Crippen LogP) is 2.60. The maximum absolute atomic E-state index is 12.5.